The number of aliphatic hydroxyl groups excluding tert-OH is 1. The van der Waals surface area contributed by atoms with Crippen molar-refractivity contribution in [2.24, 2.45) is 11.8 Å². The lowest BCUT2D eigenvalue weighted by molar-refractivity contribution is -0.141. The van der Waals surface area contributed by atoms with Gasteiger partial charge in [-0.15, -0.1) is 0 Å². The van der Waals surface area contributed by atoms with Crippen LogP contribution in [0.4, 0.5) is 19.0 Å². The summed E-state index contributed by atoms with van der Waals surface area (Å²) >= 11 is 0. The van der Waals surface area contributed by atoms with Crippen LogP contribution in [0.3, 0.4) is 0 Å². The van der Waals surface area contributed by atoms with E-state index >= 15 is 0 Å². The minimum absolute atomic E-state index is 0.141. The molecule has 106 valence electrons. The fourth-order valence-electron chi connectivity index (χ4n) is 2.55. The van der Waals surface area contributed by atoms with E-state index in [9.17, 15) is 18.3 Å². The second-order valence-electron chi connectivity index (χ2n) is 4.92. The first-order valence-electron chi connectivity index (χ1n) is 6.39. The zero-order valence-corrected chi connectivity index (χ0v) is 10.5. The number of aromatic nitrogens is 1. The van der Waals surface area contributed by atoms with E-state index in [1.165, 1.54) is 12.1 Å². The van der Waals surface area contributed by atoms with Crippen LogP contribution in [-0.4, -0.2) is 23.2 Å². The summed E-state index contributed by atoms with van der Waals surface area (Å²) in [4.78, 5) is 3.56. The fraction of sp³-hybridized carbons (Fsp3) is 0.615. The van der Waals surface area contributed by atoms with Crippen LogP contribution >= 0.6 is 0 Å². The molecule has 1 aromatic heterocycles. The Kier molecular flexibility index (Phi) is 4.29. The molecular weight excluding hydrogens is 257 g/mol. The van der Waals surface area contributed by atoms with E-state index in [0.717, 1.165) is 25.3 Å². The lowest BCUT2D eigenvalue weighted by Gasteiger charge is -2.18. The quantitative estimate of drug-likeness (QED) is 0.887. The number of rotatable bonds is 4. The van der Waals surface area contributed by atoms with Crippen LogP contribution in [0.2, 0.25) is 0 Å². The van der Waals surface area contributed by atoms with Crippen molar-refractivity contribution in [3.05, 3.63) is 23.9 Å². The summed E-state index contributed by atoms with van der Waals surface area (Å²) in [5.74, 6) is 0.790. The van der Waals surface area contributed by atoms with E-state index in [-0.39, 0.29) is 18.3 Å². The van der Waals surface area contributed by atoms with Crippen molar-refractivity contribution in [1.29, 1.82) is 0 Å². The second kappa shape index (κ2) is 5.77. The molecule has 0 aromatic carbocycles. The maximum Gasteiger partial charge on any atom is 0.433 e. The highest BCUT2D eigenvalue weighted by atomic mass is 19.4. The summed E-state index contributed by atoms with van der Waals surface area (Å²) < 4.78 is 37.5. The average Bonchev–Trinajstić information content (AvgIpc) is 2.83. The molecule has 2 rings (SSSR count). The Morgan fingerprint density at radius 1 is 1.26 bits per heavy atom. The van der Waals surface area contributed by atoms with Gasteiger partial charge in [0.05, 0.1) is 0 Å². The van der Waals surface area contributed by atoms with Crippen LogP contribution in [0.1, 0.15) is 25.0 Å². The molecule has 1 aliphatic carbocycles. The highest BCUT2D eigenvalue weighted by molar-refractivity contribution is 5.36. The Hall–Kier alpha value is -1.30. The van der Waals surface area contributed by atoms with Crippen molar-refractivity contribution in [3.63, 3.8) is 0 Å². The van der Waals surface area contributed by atoms with Gasteiger partial charge < -0.3 is 10.4 Å². The zero-order chi connectivity index (χ0) is 13.9. The van der Waals surface area contributed by atoms with Gasteiger partial charge in [0.2, 0.25) is 0 Å². The van der Waals surface area contributed by atoms with Gasteiger partial charge in [0, 0.05) is 13.2 Å². The molecule has 19 heavy (non-hydrogen) atoms. The van der Waals surface area contributed by atoms with Gasteiger partial charge in [-0.05, 0) is 36.8 Å². The third-order valence-corrected chi connectivity index (χ3v) is 3.64. The molecule has 0 spiro atoms. The number of hydrogen-bond acceptors (Lipinski definition) is 3. The van der Waals surface area contributed by atoms with E-state index in [1.807, 2.05) is 0 Å². The first kappa shape index (κ1) is 14.1. The third kappa shape index (κ3) is 3.59. The number of hydrogen-bond donors (Lipinski definition) is 2. The summed E-state index contributed by atoms with van der Waals surface area (Å²) in [5.41, 5.74) is -0.886. The van der Waals surface area contributed by atoms with Crippen molar-refractivity contribution in [1.82, 2.24) is 4.98 Å². The minimum Gasteiger partial charge on any atom is -0.396 e. The van der Waals surface area contributed by atoms with Gasteiger partial charge in [-0.2, -0.15) is 13.2 Å². The Morgan fingerprint density at radius 3 is 2.68 bits per heavy atom. The van der Waals surface area contributed by atoms with E-state index in [1.54, 1.807) is 0 Å². The Morgan fingerprint density at radius 2 is 2.00 bits per heavy atom. The molecule has 1 aliphatic rings. The number of nitrogens with one attached hydrogen (secondary N) is 1. The number of aliphatic hydroxyl groups is 1. The molecule has 6 heteroatoms. The van der Waals surface area contributed by atoms with Crippen LogP contribution in [-0.2, 0) is 6.18 Å². The van der Waals surface area contributed by atoms with Gasteiger partial charge in [0.25, 0.3) is 0 Å². The molecule has 2 unspecified atom stereocenters. The summed E-state index contributed by atoms with van der Waals surface area (Å²) in [5, 5.41) is 12.1. The molecule has 2 N–H and O–H groups in total. The van der Waals surface area contributed by atoms with Crippen molar-refractivity contribution in [2.45, 2.75) is 25.4 Å². The molecule has 1 fully saturated rings. The predicted octanol–water partition coefficient (Wildman–Crippen LogP) is 2.92. The molecule has 0 amide bonds. The summed E-state index contributed by atoms with van der Waals surface area (Å²) in [6.07, 6.45) is -1.37. The predicted molar refractivity (Wildman–Crippen MR) is 65.6 cm³/mol. The summed E-state index contributed by atoms with van der Waals surface area (Å²) in [6, 6.07) is 3.83. The van der Waals surface area contributed by atoms with Gasteiger partial charge in [-0.1, -0.05) is 12.5 Å². The number of alkyl halides is 3. The van der Waals surface area contributed by atoms with Crippen molar-refractivity contribution in [2.75, 3.05) is 18.5 Å². The van der Waals surface area contributed by atoms with Crippen LogP contribution < -0.4 is 5.32 Å². The Balaban J connectivity index is 1.96. The molecule has 0 aliphatic heterocycles. The first-order chi connectivity index (χ1) is 9.00. The molecule has 1 saturated carbocycles. The summed E-state index contributed by atoms with van der Waals surface area (Å²) in [7, 11) is 0. The molecule has 3 nitrogen and oxygen atoms in total. The third-order valence-electron chi connectivity index (χ3n) is 3.64. The van der Waals surface area contributed by atoms with Crippen LogP contribution in [0.25, 0.3) is 0 Å². The molecule has 1 heterocycles. The number of nitrogens with zero attached hydrogens (tertiary/aromatic N) is 1. The minimum atomic E-state index is -4.42. The number of anilines is 1. The van der Waals surface area contributed by atoms with Crippen LogP contribution in [0.5, 0.6) is 0 Å². The van der Waals surface area contributed by atoms with Crippen LogP contribution in [0.15, 0.2) is 18.2 Å². The normalized spacial score (nSPS) is 23.6. The van der Waals surface area contributed by atoms with Gasteiger partial charge in [0.1, 0.15) is 11.5 Å². The topological polar surface area (TPSA) is 45.1 Å². The maximum absolute atomic E-state index is 12.5. The monoisotopic (exact) mass is 274 g/mol. The average molecular weight is 274 g/mol. The highest BCUT2D eigenvalue weighted by Gasteiger charge is 2.32. The van der Waals surface area contributed by atoms with E-state index in [0.29, 0.717) is 12.5 Å². The van der Waals surface area contributed by atoms with E-state index in [2.05, 4.69) is 10.3 Å². The standard InChI is InChI=1S/C13H17F3N2O/c14-13(15,16)11-5-2-6-12(18-11)17-7-9-3-1-4-10(9)8-19/h2,5-6,9-10,19H,1,3-4,7-8H2,(H,17,18). The maximum atomic E-state index is 12.5. The number of pyridine rings is 1. The van der Waals surface area contributed by atoms with Crippen LogP contribution in [0, 0.1) is 11.8 Å². The highest BCUT2D eigenvalue weighted by Crippen LogP contribution is 2.32. The van der Waals surface area contributed by atoms with Gasteiger partial charge in [-0.3, -0.25) is 0 Å². The largest absolute Gasteiger partial charge is 0.433 e. The second-order valence-corrected chi connectivity index (χ2v) is 4.92. The van der Waals surface area contributed by atoms with E-state index < -0.39 is 11.9 Å². The molecule has 2 atom stereocenters. The van der Waals surface area contributed by atoms with Crippen molar-refractivity contribution >= 4 is 5.82 Å². The number of halogens is 3. The van der Waals surface area contributed by atoms with E-state index in [4.69, 9.17) is 0 Å². The van der Waals surface area contributed by atoms with Gasteiger partial charge >= 0.3 is 6.18 Å². The molecule has 0 radical (unpaired) electrons. The Labute approximate surface area is 109 Å². The fourth-order valence-corrected chi connectivity index (χ4v) is 2.55. The Bertz CT molecular complexity index is 423. The lowest BCUT2D eigenvalue weighted by Crippen LogP contribution is -2.21. The first-order valence-corrected chi connectivity index (χ1v) is 6.39. The zero-order valence-electron chi connectivity index (χ0n) is 10.5. The van der Waals surface area contributed by atoms with Crippen molar-refractivity contribution < 1.29 is 18.3 Å². The van der Waals surface area contributed by atoms with Gasteiger partial charge in [0.15, 0.2) is 0 Å². The molecule has 0 bridgehead atoms. The van der Waals surface area contributed by atoms with Gasteiger partial charge in [-0.25, -0.2) is 4.98 Å². The molecule has 0 saturated heterocycles. The molecular formula is C13H17F3N2O. The summed E-state index contributed by atoms with van der Waals surface area (Å²) in [6.45, 7) is 0.696. The molecule has 1 aromatic rings. The smallest absolute Gasteiger partial charge is 0.396 e. The lowest BCUT2D eigenvalue weighted by atomic mass is 9.97. The SMILES string of the molecule is OCC1CCCC1CNc1cccc(C(F)(F)F)n1. The van der Waals surface area contributed by atoms with Crippen molar-refractivity contribution in [3.8, 4) is 0 Å².